The zero-order valence-corrected chi connectivity index (χ0v) is 15.2. The highest BCUT2D eigenvalue weighted by molar-refractivity contribution is 5.24. The van der Waals surface area contributed by atoms with Crippen LogP contribution in [0.5, 0.6) is 0 Å². The lowest BCUT2D eigenvalue weighted by molar-refractivity contribution is -0.0422. The van der Waals surface area contributed by atoms with E-state index in [1.54, 1.807) is 6.42 Å². The molecule has 4 aliphatic rings. The van der Waals surface area contributed by atoms with Crippen LogP contribution in [0.1, 0.15) is 91.4 Å². The molecule has 0 nitrogen and oxygen atoms in total. The van der Waals surface area contributed by atoms with Crippen molar-refractivity contribution in [3.05, 3.63) is 11.6 Å². The molecule has 0 radical (unpaired) electrons. The van der Waals surface area contributed by atoms with Gasteiger partial charge in [0.05, 0.1) is 0 Å². The fourth-order valence-corrected chi connectivity index (χ4v) is 7.63. The van der Waals surface area contributed by atoms with Crippen LogP contribution in [0.2, 0.25) is 0 Å². The van der Waals surface area contributed by atoms with Gasteiger partial charge in [-0.1, -0.05) is 51.7 Å². The van der Waals surface area contributed by atoms with E-state index in [-0.39, 0.29) is 0 Å². The molecule has 0 amide bonds. The number of hydrogen-bond donors (Lipinski definition) is 0. The Morgan fingerprint density at radius 1 is 1.05 bits per heavy atom. The first-order valence-electron chi connectivity index (χ1n) is 10.3. The second kappa shape index (κ2) is 5.38. The summed E-state index contributed by atoms with van der Waals surface area (Å²) >= 11 is 0. The van der Waals surface area contributed by atoms with Crippen LogP contribution in [0.15, 0.2) is 11.6 Å². The minimum Gasteiger partial charge on any atom is -0.0845 e. The normalized spacial score (nSPS) is 50.8. The van der Waals surface area contributed by atoms with Crippen molar-refractivity contribution in [2.75, 3.05) is 0 Å². The first kappa shape index (κ1) is 15.3. The van der Waals surface area contributed by atoms with Crippen LogP contribution in [0, 0.1) is 34.5 Å². The topological polar surface area (TPSA) is 0 Å². The summed E-state index contributed by atoms with van der Waals surface area (Å²) in [6, 6.07) is 0. The van der Waals surface area contributed by atoms with Gasteiger partial charge in [-0.25, -0.2) is 0 Å². The second-order valence-electron chi connectivity index (χ2n) is 9.57. The molecule has 0 saturated heterocycles. The van der Waals surface area contributed by atoms with Gasteiger partial charge in [-0.2, -0.15) is 0 Å². The van der Waals surface area contributed by atoms with Crippen molar-refractivity contribution in [2.24, 2.45) is 34.5 Å². The van der Waals surface area contributed by atoms with Gasteiger partial charge in [-0.15, -0.1) is 0 Å². The van der Waals surface area contributed by atoms with Crippen molar-refractivity contribution < 1.29 is 0 Å². The standard InChI is InChI=1S/C22H36/c1-4-7-16-10-12-19-18-11-9-17-8-5-6-14-21(17,2)20(18)13-15-22(16,19)3/h9,16,18-20H,4-8,10-15H2,1-3H3/t16-,18-,19-,20-,21-,22+/m0/s1. The van der Waals surface area contributed by atoms with E-state index in [1.165, 1.54) is 64.2 Å². The molecule has 0 aromatic heterocycles. The van der Waals surface area contributed by atoms with Crippen molar-refractivity contribution in [2.45, 2.75) is 91.4 Å². The molecule has 6 atom stereocenters. The summed E-state index contributed by atoms with van der Waals surface area (Å²) in [7, 11) is 0. The van der Waals surface area contributed by atoms with Crippen molar-refractivity contribution in [3.8, 4) is 0 Å². The highest BCUT2D eigenvalue weighted by Crippen LogP contribution is 2.66. The molecular formula is C22H36. The third kappa shape index (κ3) is 2.01. The van der Waals surface area contributed by atoms with E-state index in [1.807, 2.05) is 5.57 Å². The third-order valence-electron chi connectivity index (χ3n) is 8.85. The van der Waals surface area contributed by atoms with Gasteiger partial charge in [0.1, 0.15) is 0 Å². The molecule has 0 N–H and O–H groups in total. The molecule has 3 fully saturated rings. The van der Waals surface area contributed by atoms with Crippen LogP contribution in [-0.2, 0) is 0 Å². The predicted octanol–water partition coefficient (Wildman–Crippen LogP) is 6.76. The van der Waals surface area contributed by atoms with Gasteiger partial charge in [0.15, 0.2) is 0 Å². The van der Waals surface area contributed by atoms with Crippen molar-refractivity contribution in [3.63, 3.8) is 0 Å². The molecule has 4 rings (SSSR count). The number of fused-ring (bicyclic) bond motifs is 5. The molecule has 0 heterocycles. The summed E-state index contributed by atoms with van der Waals surface area (Å²) in [5.41, 5.74) is 3.14. The average molecular weight is 301 g/mol. The van der Waals surface area contributed by atoms with Crippen LogP contribution in [0.25, 0.3) is 0 Å². The fraction of sp³-hybridized carbons (Fsp3) is 0.909. The summed E-state index contributed by atoms with van der Waals surface area (Å²) in [5.74, 6) is 4.12. The number of rotatable bonds is 2. The number of hydrogen-bond acceptors (Lipinski definition) is 0. The summed E-state index contributed by atoms with van der Waals surface area (Å²) in [4.78, 5) is 0. The molecule has 4 aliphatic carbocycles. The molecule has 0 heteroatoms. The fourth-order valence-electron chi connectivity index (χ4n) is 7.63. The lowest BCUT2D eigenvalue weighted by Gasteiger charge is -2.57. The van der Waals surface area contributed by atoms with Gasteiger partial charge in [0.2, 0.25) is 0 Å². The third-order valence-corrected chi connectivity index (χ3v) is 8.85. The molecule has 0 bridgehead atoms. The summed E-state index contributed by atoms with van der Waals surface area (Å²) in [6.07, 6.45) is 19.0. The maximum absolute atomic E-state index is 2.72. The van der Waals surface area contributed by atoms with Gasteiger partial charge in [0.25, 0.3) is 0 Å². The van der Waals surface area contributed by atoms with Crippen LogP contribution in [0.3, 0.4) is 0 Å². The highest BCUT2D eigenvalue weighted by Gasteiger charge is 2.57. The maximum Gasteiger partial charge on any atom is -0.00853 e. The first-order chi connectivity index (χ1) is 10.6. The lowest BCUT2D eigenvalue weighted by atomic mass is 9.47. The van der Waals surface area contributed by atoms with Crippen LogP contribution < -0.4 is 0 Å². The van der Waals surface area contributed by atoms with Crippen LogP contribution in [-0.4, -0.2) is 0 Å². The molecular weight excluding hydrogens is 264 g/mol. The molecule has 124 valence electrons. The zero-order valence-electron chi connectivity index (χ0n) is 15.2. The SMILES string of the molecule is CCC[C@H]1CC[C@H]2[C@@H]3CC=C4CCCC[C@]4(C)[C@H]3CC[C@]12C. The summed E-state index contributed by atoms with van der Waals surface area (Å²) < 4.78 is 0. The molecule has 0 aromatic rings. The van der Waals surface area contributed by atoms with Crippen molar-refractivity contribution in [1.82, 2.24) is 0 Å². The Kier molecular flexibility index (Phi) is 3.74. The molecule has 0 aromatic carbocycles. The molecule has 3 saturated carbocycles. The van der Waals surface area contributed by atoms with E-state index in [4.69, 9.17) is 0 Å². The quantitative estimate of drug-likeness (QED) is 0.494. The Morgan fingerprint density at radius 2 is 1.91 bits per heavy atom. The van der Waals surface area contributed by atoms with Gasteiger partial charge in [0, 0.05) is 0 Å². The minimum atomic E-state index is 0.589. The maximum atomic E-state index is 2.72. The smallest absolute Gasteiger partial charge is 0.00853 e. The first-order valence-corrected chi connectivity index (χ1v) is 10.3. The largest absolute Gasteiger partial charge is 0.0845 e. The average Bonchev–Trinajstić information content (AvgIpc) is 2.84. The molecule has 0 unspecified atom stereocenters. The lowest BCUT2D eigenvalue weighted by Crippen LogP contribution is -2.49. The van der Waals surface area contributed by atoms with E-state index in [0.29, 0.717) is 10.8 Å². The van der Waals surface area contributed by atoms with Crippen molar-refractivity contribution >= 4 is 0 Å². The Morgan fingerprint density at radius 3 is 2.73 bits per heavy atom. The summed E-state index contributed by atoms with van der Waals surface area (Å²) in [6.45, 7) is 7.72. The second-order valence-corrected chi connectivity index (χ2v) is 9.57. The zero-order chi connectivity index (χ0) is 15.4. The minimum absolute atomic E-state index is 0.589. The molecule has 0 aliphatic heterocycles. The molecule has 22 heavy (non-hydrogen) atoms. The summed E-state index contributed by atoms with van der Waals surface area (Å²) in [5, 5.41) is 0. The van der Waals surface area contributed by atoms with Gasteiger partial charge in [-0.3, -0.25) is 0 Å². The molecule has 0 spiro atoms. The Labute approximate surface area is 138 Å². The van der Waals surface area contributed by atoms with E-state index in [0.717, 1.165) is 23.7 Å². The monoisotopic (exact) mass is 300 g/mol. The van der Waals surface area contributed by atoms with Crippen molar-refractivity contribution in [1.29, 1.82) is 0 Å². The highest BCUT2D eigenvalue weighted by atomic mass is 14.6. The van der Waals surface area contributed by atoms with E-state index >= 15 is 0 Å². The van der Waals surface area contributed by atoms with Crippen LogP contribution in [0.4, 0.5) is 0 Å². The van der Waals surface area contributed by atoms with Gasteiger partial charge < -0.3 is 0 Å². The Bertz CT molecular complexity index is 461. The van der Waals surface area contributed by atoms with E-state index in [2.05, 4.69) is 26.8 Å². The number of allylic oxidation sites excluding steroid dienone is 2. The Hall–Kier alpha value is -0.260. The van der Waals surface area contributed by atoms with Crippen LogP contribution >= 0.6 is 0 Å². The van der Waals surface area contributed by atoms with Gasteiger partial charge in [-0.05, 0) is 85.9 Å². The Balaban J connectivity index is 1.63. The van der Waals surface area contributed by atoms with E-state index in [9.17, 15) is 0 Å². The van der Waals surface area contributed by atoms with Gasteiger partial charge >= 0.3 is 0 Å². The predicted molar refractivity (Wildman–Crippen MR) is 94.7 cm³/mol. The van der Waals surface area contributed by atoms with E-state index < -0.39 is 0 Å².